The van der Waals surface area contributed by atoms with Crippen LogP contribution in [0.3, 0.4) is 0 Å². The van der Waals surface area contributed by atoms with Gasteiger partial charge in [0.15, 0.2) is 5.96 Å². The summed E-state index contributed by atoms with van der Waals surface area (Å²) < 4.78 is 0. The molecule has 5 heteroatoms. The summed E-state index contributed by atoms with van der Waals surface area (Å²) in [5.74, 6) is 0.930. The molecule has 1 heterocycles. The standard InChI is InChI=1S/C17H24ClN3O/c1-2-19-16(21-10-7-15(22)11-21)20-12-17(8-9-17)13-3-5-14(18)6-4-13/h3-6,15,22H,2,7-12H2,1H3,(H,19,20)/t15-/m1/s1. The van der Waals surface area contributed by atoms with Crippen LogP contribution in [0, 0.1) is 0 Å². The number of hydrogen-bond donors (Lipinski definition) is 2. The van der Waals surface area contributed by atoms with Gasteiger partial charge in [0.05, 0.1) is 12.6 Å². The van der Waals surface area contributed by atoms with Gasteiger partial charge in [-0.3, -0.25) is 4.99 Å². The highest BCUT2D eigenvalue weighted by molar-refractivity contribution is 6.30. The van der Waals surface area contributed by atoms with Crippen molar-refractivity contribution >= 4 is 17.6 Å². The van der Waals surface area contributed by atoms with Gasteiger partial charge in [-0.05, 0) is 43.9 Å². The lowest BCUT2D eigenvalue weighted by molar-refractivity contribution is 0.188. The second-order valence-corrected chi connectivity index (χ2v) is 6.78. The van der Waals surface area contributed by atoms with Crippen molar-refractivity contribution in [2.75, 3.05) is 26.2 Å². The van der Waals surface area contributed by atoms with Crippen molar-refractivity contribution in [1.82, 2.24) is 10.2 Å². The molecule has 1 saturated heterocycles. The van der Waals surface area contributed by atoms with Crippen molar-refractivity contribution in [3.8, 4) is 0 Å². The van der Waals surface area contributed by atoms with Crippen molar-refractivity contribution in [1.29, 1.82) is 0 Å². The fourth-order valence-electron chi connectivity index (χ4n) is 3.08. The quantitative estimate of drug-likeness (QED) is 0.661. The lowest BCUT2D eigenvalue weighted by Gasteiger charge is -2.22. The van der Waals surface area contributed by atoms with Crippen molar-refractivity contribution in [3.05, 3.63) is 34.9 Å². The average molecular weight is 322 g/mol. The third-order valence-electron chi connectivity index (χ3n) is 4.64. The van der Waals surface area contributed by atoms with E-state index in [-0.39, 0.29) is 11.5 Å². The number of nitrogens with one attached hydrogen (secondary N) is 1. The lowest BCUT2D eigenvalue weighted by Crippen LogP contribution is -2.41. The van der Waals surface area contributed by atoms with E-state index >= 15 is 0 Å². The molecule has 2 N–H and O–H groups in total. The Bertz CT molecular complexity index is 539. The molecule has 0 amide bonds. The number of halogens is 1. The highest BCUT2D eigenvalue weighted by atomic mass is 35.5. The molecule has 0 bridgehead atoms. The number of aliphatic hydroxyl groups excluding tert-OH is 1. The molecule has 1 aliphatic heterocycles. The van der Waals surface area contributed by atoms with Crippen LogP contribution in [0.5, 0.6) is 0 Å². The van der Waals surface area contributed by atoms with E-state index in [0.29, 0.717) is 6.54 Å². The number of nitrogens with zero attached hydrogens (tertiary/aromatic N) is 2. The molecule has 0 unspecified atom stereocenters. The summed E-state index contributed by atoms with van der Waals surface area (Å²) in [5.41, 5.74) is 1.52. The summed E-state index contributed by atoms with van der Waals surface area (Å²) in [4.78, 5) is 7.01. The molecular formula is C17H24ClN3O. The van der Waals surface area contributed by atoms with Gasteiger partial charge in [-0.25, -0.2) is 0 Å². The van der Waals surface area contributed by atoms with Crippen LogP contribution in [0.25, 0.3) is 0 Å². The average Bonchev–Trinajstić information content (AvgIpc) is 3.18. The molecule has 1 saturated carbocycles. The highest BCUT2D eigenvalue weighted by Gasteiger charge is 2.44. The molecule has 120 valence electrons. The third-order valence-corrected chi connectivity index (χ3v) is 4.89. The summed E-state index contributed by atoms with van der Waals surface area (Å²) in [6, 6.07) is 8.17. The Morgan fingerprint density at radius 1 is 1.41 bits per heavy atom. The fraction of sp³-hybridized carbons (Fsp3) is 0.588. The van der Waals surface area contributed by atoms with E-state index in [9.17, 15) is 5.11 Å². The van der Waals surface area contributed by atoms with E-state index in [4.69, 9.17) is 16.6 Å². The lowest BCUT2D eigenvalue weighted by atomic mass is 9.96. The van der Waals surface area contributed by atoms with Gasteiger partial charge in [0.25, 0.3) is 0 Å². The number of rotatable bonds is 4. The maximum Gasteiger partial charge on any atom is 0.194 e. The topological polar surface area (TPSA) is 47.9 Å². The van der Waals surface area contributed by atoms with Crippen LogP contribution >= 0.6 is 11.6 Å². The largest absolute Gasteiger partial charge is 0.391 e. The normalized spacial score (nSPS) is 23.7. The minimum Gasteiger partial charge on any atom is -0.391 e. The van der Waals surface area contributed by atoms with Gasteiger partial charge in [0.2, 0.25) is 0 Å². The molecule has 1 atom stereocenters. The molecule has 3 rings (SSSR count). The molecule has 1 aromatic rings. The molecule has 2 fully saturated rings. The molecular weight excluding hydrogens is 298 g/mol. The predicted molar refractivity (Wildman–Crippen MR) is 90.5 cm³/mol. The highest BCUT2D eigenvalue weighted by Crippen LogP contribution is 2.48. The van der Waals surface area contributed by atoms with E-state index in [1.165, 1.54) is 18.4 Å². The molecule has 1 aromatic carbocycles. The molecule has 2 aliphatic rings. The number of aliphatic imine (C=N–C) groups is 1. The van der Waals surface area contributed by atoms with E-state index in [1.54, 1.807) is 0 Å². The SMILES string of the molecule is CCNC(=NCC1(c2ccc(Cl)cc2)CC1)N1CC[C@@H](O)C1. The van der Waals surface area contributed by atoms with Crippen LogP contribution in [0.15, 0.2) is 29.3 Å². The van der Waals surface area contributed by atoms with E-state index < -0.39 is 0 Å². The summed E-state index contributed by atoms with van der Waals surface area (Å²) >= 11 is 5.98. The van der Waals surface area contributed by atoms with Crippen LogP contribution in [0.4, 0.5) is 0 Å². The number of β-amino-alcohol motifs (C(OH)–C–C–N with tert-alkyl or cyclic N) is 1. The Kier molecular flexibility index (Phi) is 4.59. The van der Waals surface area contributed by atoms with Gasteiger partial charge in [-0.1, -0.05) is 23.7 Å². The maximum absolute atomic E-state index is 9.72. The molecule has 22 heavy (non-hydrogen) atoms. The number of benzene rings is 1. The second-order valence-electron chi connectivity index (χ2n) is 6.35. The van der Waals surface area contributed by atoms with E-state index in [0.717, 1.165) is 37.0 Å². The van der Waals surface area contributed by atoms with Crippen LogP contribution in [0.1, 0.15) is 31.7 Å². The summed E-state index contributed by atoms with van der Waals surface area (Å²) in [7, 11) is 0. The minimum absolute atomic E-state index is 0.184. The Labute approximate surface area is 137 Å². The molecule has 0 spiro atoms. The first-order chi connectivity index (χ1) is 10.6. The van der Waals surface area contributed by atoms with Gasteiger partial charge in [-0.2, -0.15) is 0 Å². The summed E-state index contributed by atoms with van der Waals surface area (Å²) in [5, 5.41) is 13.9. The zero-order valence-electron chi connectivity index (χ0n) is 13.1. The third kappa shape index (κ3) is 3.39. The first kappa shape index (κ1) is 15.6. The van der Waals surface area contributed by atoms with E-state index in [1.807, 2.05) is 12.1 Å². The number of guanidine groups is 1. The molecule has 4 nitrogen and oxygen atoms in total. The molecule has 1 aliphatic carbocycles. The van der Waals surface area contributed by atoms with Crippen LogP contribution < -0.4 is 5.32 Å². The fourth-order valence-corrected chi connectivity index (χ4v) is 3.20. The Balaban J connectivity index is 1.71. The number of aliphatic hydroxyl groups is 1. The van der Waals surface area contributed by atoms with Crippen LogP contribution in [-0.2, 0) is 5.41 Å². The Hall–Kier alpha value is -1.26. The van der Waals surface area contributed by atoms with Gasteiger partial charge < -0.3 is 15.3 Å². The molecule has 0 aromatic heterocycles. The first-order valence-electron chi connectivity index (χ1n) is 8.10. The zero-order chi connectivity index (χ0) is 15.6. The summed E-state index contributed by atoms with van der Waals surface area (Å²) in [6.45, 7) is 5.28. The Morgan fingerprint density at radius 3 is 2.68 bits per heavy atom. The monoisotopic (exact) mass is 321 g/mol. The van der Waals surface area contributed by atoms with Gasteiger partial charge in [0, 0.05) is 30.1 Å². The van der Waals surface area contributed by atoms with Crippen molar-refractivity contribution in [2.24, 2.45) is 4.99 Å². The van der Waals surface area contributed by atoms with Gasteiger partial charge in [0.1, 0.15) is 0 Å². The zero-order valence-corrected chi connectivity index (χ0v) is 13.8. The Morgan fingerprint density at radius 2 is 2.14 bits per heavy atom. The summed E-state index contributed by atoms with van der Waals surface area (Å²) in [6.07, 6.45) is 2.96. The first-order valence-corrected chi connectivity index (χ1v) is 8.48. The van der Waals surface area contributed by atoms with Crippen molar-refractivity contribution in [3.63, 3.8) is 0 Å². The molecule has 0 radical (unpaired) electrons. The van der Waals surface area contributed by atoms with Crippen LogP contribution in [0.2, 0.25) is 5.02 Å². The number of hydrogen-bond acceptors (Lipinski definition) is 2. The van der Waals surface area contributed by atoms with Crippen molar-refractivity contribution in [2.45, 2.75) is 37.7 Å². The predicted octanol–water partition coefficient (Wildman–Crippen LogP) is 2.40. The smallest absolute Gasteiger partial charge is 0.194 e. The second kappa shape index (κ2) is 6.47. The number of likely N-dealkylation sites (tertiary alicyclic amines) is 1. The van der Waals surface area contributed by atoms with E-state index in [2.05, 4.69) is 29.3 Å². The van der Waals surface area contributed by atoms with Crippen molar-refractivity contribution < 1.29 is 5.11 Å². The van der Waals surface area contributed by atoms with Gasteiger partial charge in [-0.15, -0.1) is 0 Å². The van der Waals surface area contributed by atoms with Gasteiger partial charge >= 0.3 is 0 Å². The minimum atomic E-state index is -0.227. The maximum atomic E-state index is 9.72. The van der Waals surface area contributed by atoms with Crippen LogP contribution in [-0.4, -0.2) is 48.2 Å².